The maximum Gasteiger partial charge on any atom is 0.339 e. The number of aryl methyl sites for hydroxylation is 1. The maximum atomic E-state index is 13.2. The van der Waals surface area contributed by atoms with Crippen molar-refractivity contribution in [1.29, 1.82) is 0 Å². The molecule has 2 aromatic carbocycles. The predicted octanol–water partition coefficient (Wildman–Crippen LogP) is 3.34. The number of carboxylic acids is 1. The molecule has 0 aliphatic heterocycles. The summed E-state index contributed by atoms with van der Waals surface area (Å²) in [5.41, 5.74) is 2.89. The van der Waals surface area contributed by atoms with Crippen molar-refractivity contribution in [3.05, 3.63) is 70.0 Å². The minimum Gasteiger partial charge on any atom is -0.550 e. The second-order valence-corrected chi connectivity index (χ2v) is 6.37. The molecule has 5 nitrogen and oxygen atoms in total. The van der Waals surface area contributed by atoms with Crippen molar-refractivity contribution in [2.45, 2.75) is 19.8 Å². The lowest BCUT2D eigenvalue weighted by molar-refractivity contribution is -0.305. The van der Waals surface area contributed by atoms with Gasteiger partial charge in [-0.2, -0.15) is 0 Å². The Balaban J connectivity index is 1.92. The molecule has 136 valence electrons. The Morgan fingerprint density at radius 3 is 2.56 bits per heavy atom. The summed E-state index contributed by atoms with van der Waals surface area (Å²) >= 11 is 0. The average Bonchev–Trinajstić information content (AvgIpc) is 3.03. The van der Waals surface area contributed by atoms with E-state index in [1.165, 1.54) is 12.1 Å². The fourth-order valence-electron chi connectivity index (χ4n) is 3.28. The van der Waals surface area contributed by atoms with Gasteiger partial charge in [-0.1, -0.05) is 12.1 Å². The minimum atomic E-state index is -1.22. The van der Waals surface area contributed by atoms with Crippen molar-refractivity contribution in [2.75, 3.05) is 0 Å². The van der Waals surface area contributed by atoms with E-state index < -0.39 is 11.6 Å². The van der Waals surface area contributed by atoms with Gasteiger partial charge in [0, 0.05) is 33.9 Å². The second-order valence-electron chi connectivity index (χ2n) is 6.37. The smallest absolute Gasteiger partial charge is 0.339 e. The summed E-state index contributed by atoms with van der Waals surface area (Å²) in [4.78, 5) is 23.0. The molecule has 0 amide bonds. The number of carbonyl (C=O) groups is 1. The van der Waals surface area contributed by atoms with E-state index in [-0.39, 0.29) is 18.7 Å². The van der Waals surface area contributed by atoms with Crippen LogP contribution < -0.4 is 10.7 Å². The summed E-state index contributed by atoms with van der Waals surface area (Å²) in [6.07, 6.45) is 1.35. The summed E-state index contributed by atoms with van der Waals surface area (Å²) in [5, 5.41) is 12.2. The highest BCUT2D eigenvalue weighted by molar-refractivity contribution is 6.02. The number of rotatable bonds is 4. The molecule has 2 heterocycles. The Morgan fingerprint density at radius 2 is 1.85 bits per heavy atom. The average molecular weight is 365 g/mol. The van der Waals surface area contributed by atoms with E-state index in [0.29, 0.717) is 27.7 Å². The Hall–Kier alpha value is -3.41. The van der Waals surface area contributed by atoms with Gasteiger partial charge in [0.1, 0.15) is 17.0 Å². The van der Waals surface area contributed by atoms with Crippen LogP contribution in [0.5, 0.6) is 0 Å². The van der Waals surface area contributed by atoms with Crippen LogP contribution in [0.2, 0.25) is 0 Å². The molecule has 6 heteroatoms. The predicted molar refractivity (Wildman–Crippen MR) is 95.7 cm³/mol. The topological polar surface area (TPSA) is 83.5 Å². The van der Waals surface area contributed by atoms with E-state index in [9.17, 15) is 19.1 Å². The molecule has 27 heavy (non-hydrogen) atoms. The second kappa shape index (κ2) is 6.39. The van der Waals surface area contributed by atoms with Crippen molar-refractivity contribution in [1.82, 2.24) is 0 Å². The highest BCUT2D eigenvalue weighted by Crippen LogP contribution is 2.34. The molecule has 0 radical (unpaired) electrons. The highest BCUT2D eigenvalue weighted by Gasteiger charge is 2.15. The molecule has 0 atom stereocenters. The Labute approximate surface area is 152 Å². The van der Waals surface area contributed by atoms with Crippen LogP contribution in [0.4, 0.5) is 4.39 Å². The number of benzene rings is 2. The van der Waals surface area contributed by atoms with Gasteiger partial charge in [-0.05, 0) is 49.1 Å². The molecule has 0 unspecified atom stereocenters. The zero-order valence-corrected chi connectivity index (χ0v) is 14.4. The van der Waals surface area contributed by atoms with E-state index in [0.717, 1.165) is 16.5 Å². The van der Waals surface area contributed by atoms with Crippen molar-refractivity contribution < 1.29 is 23.1 Å². The molecule has 4 aromatic rings. The third kappa shape index (κ3) is 2.99. The lowest BCUT2D eigenvalue weighted by Gasteiger charge is -2.08. The lowest BCUT2D eigenvalue weighted by atomic mass is 9.99. The number of fused-ring (bicyclic) bond motifs is 2. The first kappa shape index (κ1) is 17.0. The summed E-state index contributed by atoms with van der Waals surface area (Å²) in [5.74, 6) is -1.55. The third-order valence-electron chi connectivity index (χ3n) is 4.72. The lowest BCUT2D eigenvalue weighted by Crippen LogP contribution is -2.24. The number of carbonyl (C=O) groups excluding carboxylic acids is 1. The van der Waals surface area contributed by atoms with Gasteiger partial charge in [0.05, 0.1) is 6.26 Å². The summed E-state index contributed by atoms with van der Waals surface area (Å²) in [6.45, 7) is 1.76. The van der Waals surface area contributed by atoms with Crippen LogP contribution >= 0.6 is 0 Å². The Bertz CT molecular complexity index is 1230. The minimum absolute atomic E-state index is 0.0423. The van der Waals surface area contributed by atoms with Gasteiger partial charge in [-0.25, -0.2) is 9.18 Å². The fourth-order valence-corrected chi connectivity index (χ4v) is 3.28. The Kier molecular flexibility index (Phi) is 4.03. The van der Waals surface area contributed by atoms with Crippen molar-refractivity contribution in [3.63, 3.8) is 0 Å². The quantitative estimate of drug-likeness (QED) is 0.518. The molecule has 0 aliphatic carbocycles. The zero-order valence-electron chi connectivity index (χ0n) is 14.4. The van der Waals surface area contributed by atoms with Gasteiger partial charge in [0.15, 0.2) is 0 Å². The van der Waals surface area contributed by atoms with Gasteiger partial charge in [0.25, 0.3) is 0 Å². The largest absolute Gasteiger partial charge is 0.550 e. The highest BCUT2D eigenvalue weighted by atomic mass is 19.1. The van der Waals surface area contributed by atoms with Gasteiger partial charge >= 0.3 is 5.63 Å². The van der Waals surface area contributed by atoms with Crippen LogP contribution in [0.1, 0.15) is 17.5 Å². The fraction of sp³-hybridized carbons (Fsp3) is 0.143. The summed E-state index contributed by atoms with van der Waals surface area (Å²) in [6, 6.07) is 9.54. The molecule has 0 spiro atoms. The van der Waals surface area contributed by atoms with Gasteiger partial charge < -0.3 is 18.7 Å². The molecule has 0 bridgehead atoms. The molecule has 0 N–H and O–H groups in total. The number of hydrogen-bond donors (Lipinski definition) is 0. The molecular formula is C21H14FO5-. The van der Waals surface area contributed by atoms with Gasteiger partial charge in [-0.15, -0.1) is 0 Å². The van der Waals surface area contributed by atoms with Crippen LogP contribution in [-0.4, -0.2) is 5.97 Å². The van der Waals surface area contributed by atoms with Gasteiger partial charge in [-0.3, -0.25) is 0 Å². The number of carboxylic acid groups (broad SMARTS) is 1. The van der Waals surface area contributed by atoms with E-state index in [4.69, 9.17) is 8.83 Å². The molecular weight excluding hydrogens is 351 g/mol. The Morgan fingerprint density at radius 1 is 1.11 bits per heavy atom. The van der Waals surface area contributed by atoms with E-state index in [2.05, 4.69) is 0 Å². The monoisotopic (exact) mass is 365 g/mol. The van der Waals surface area contributed by atoms with Crippen molar-refractivity contribution >= 4 is 27.9 Å². The molecule has 0 saturated carbocycles. The number of furan rings is 1. The first-order chi connectivity index (χ1) is 12.9. The summed E-state index contributed by atoms with van der Waals surface area (Å²) < 4.78 is 24.2. The molecule has 0 saturated heterocycles. The molecule has 0 fully saturated rings. The third-order valence-corrected chi connectivity index (χ3v) is 4.72. The van der Waals surface area contributed by atoms with Crippen LogP contribution in [0, 0.1) is 12.7 Å². The van der Waals surface area contributed by atoms with E-state index in [1.807, 2.05) is 6.07 Å². The van der Waals surface area contributed by atoms with E-state index in [1.54, 1.807) is 31.4 Å². The van der Waals surface area contributed by atoms with Crippen LogP contribution in [0.3, 0.4) is 0 Å². The normalized spacial score (nSPS) is 11.3. The van der Waals surface area contributed by atoms with Crippen molar-refractivity contribution in [2.24, 2.45) is 0 Å². The standard InChI is InChI=1S/C21H15FO5/c1-11-14(6-7-20(23)24)21(25)27-19-9-18-16(8-15(11)19)17(10-26-18)12-2-4-13(22)5-3-12/h2-5,8-10H,6-7H2,1H3,(H,23,24)/p-1. The zero-order chi connectivity index (χ0) is 19.1. The first-order valence-corrected chi connectivity index (χ1v) is 8.37. The molecule has 2 aromatic heterocycles. The van der Waals surface area contributed by atoms with E-state index >= 15 is 0 Å². The number of hydrogen-bond acceptors (Lipinski definition) is 5. The van der Waals surface area contributed by atoms with Crippen molar-refractivity contribution in [3.8, 4) is 11.1 Å². The van der Waals surface area contributed by atoms with Crippen LogP contribution in [0.25, 0.3) is 33.1 Å². The van der Waals surface area contributed by atoms with Gasteiger partial charge in [0.2, 0.25) is 0 Å². The summed E-state index contributed by atoms with van der Waals surface area (Å²) in [7, 11) is 0. The number of aliphatic carboxylic acids is 1. The number of halogens is 1. The molecule has 0 aliphatic rings. The first-order valence-electron chi connectivity index (χ1n) is 8.37. The van der Waals surface area contributed by atoms with Crippen LogP contribution in [-0.2, 0) is 11.2 Å². The molecule has 4 rings (SSSR count). The maximum absolute atomic E-state index is 13.2. The SMILES string of the molecule is Cc1c(CCC(=O)[O-])c(=O)oc2cc3occ(-c4ccc(F)cc4)c3cc12. The van der Waals surface area contributed by atoms with Crippen LogP contribution in [0.15, 0.2) is 56.3 Å².